The number of nitrogens with zero attached hydrogens (tertiary/aromatic N) is 2. The van der Waals surface area contributed by atoms with Gasteiger partial charge in [-0.3, -0.25) is 4.79 Å². The maximum Gasteiger partial charge on any atom is 0.286 e. The topological polar surface area (TPSA) is 159 Å². The number of sulfonamides is 1. The number of allylic oxidation sites excluding steroid dienone is 1. The van der Waals surface area contributed by atoms with Gasteiger partial charge in [0.25, 0.3) is 10.0 Å². The number of H-pyrrole nitrogens is 1. The Morgan fingerprint density at radius 3 is 2.39 bits per heavy atom. The highest BCUT2D eigenvalue weighted by molar-refractivity contribution is 7.90. The zero-order chi connectivity index (χ0) is 27.8. The van der Waals surface area contributed by atoms with Gasteiger partial charge in [0.05, 0.1) is 11.0 Å². The highest BCUT2D eigenvalue weighted by Crippen LogP contribution is 2.30. The third-order valence-corrected chi connectivity index (χ3v) is 6.81. The average Bonchev–Trinajstić information content (AvgIpc) is 3.27. The molecule has 0 saturated heterocycles. The maximum absolute atomic E-state index is 14.6. The number of amidine groups is 1. The number of imidazole rings is 1. The number of aliphatic hydroxyl groups excluding tert-OH is 1. The van der Waals surface area contributed by atoms with Gasteiger partial charge in [-0.25, -0.2) is 13.8 Å². The van der Waals surface area contributed by atoms with Crippen molar-refractivity contribution >= 4 is 44.0 Å². The summed E-state index contributed by atoms with van der Waals surface area (Å²) in [4.78, 5) is 20.0. The minimum absolute atomic E-state index is 0.0497. The predicted octanol–water partition coefficient (Wildman–Crippen LogP) is 3.97. The quantitative estimate of drug-likeness (QED) is 0.0908. The van der Waals surface area contributed by atoms with E-state index in [1.165, 1.54) is 26.0 Å². The number of benzene rings is 3. The Morgan fingerprint density at radius 1 is 1.03 bits per heavy atom. The summed E-state index contributed by atoms with van der Waals surface area (Å²) in [5, 5.41) is 21.0. The third kappa shape index (κ3) is 5.31. The highest BCUT2D eigenvalue weighted by atomic mass is 32.2. The van der Waals surface area contributed by atoms with Gasteiger partial charge in [0, 0.05) is 11.1 Å². The number of nitrogens with two attached hydrogens (primary N) is 1. The first kappa shape index (κ1) is 26.6. The molecule has 4 aromatic rings. The Hall–Kier alpha value is -4.42. The Kier molecular flexibility index (Phi) is 6.87. The van der Waals surface area contributed by atoms with Crippen LogP contribution in [0.4, 0.5) is 8.78 Å². The summed E-state index contributed by atoms with van der Waals surface area (Å²) < 4.78 is 57.4. The normalized spacial score (nSPS) is 13.4. The van der Waals surface area contributed by atoms with E-state index in [0.717, 1.165) is 30.3 Å². The Morgan fingerprint density at radius 2 is 1.74 bits per heavy atom. The van der Waals surface area contributed by atoms with Crippen LogP contribution in [0.1, 0.15) is 35.6 Å². The minimum atomic E-state index is -4.79. The van der Waals surface area contributed by atoms with E-state index >= 15 is 0 Å². The Labute approximate surface area is 216 Å². The number of carbonyl (C=O) groups is 1. The first-order valence-electron chi connectivity index (χ1n) is 11.1. The van der Waals surface area contributed by atoms with E-state index in [9.17, 15) is 32.2 Å². The van der Waals surface area contributed by atoms with Crippen LogP contribution in [0, 0.1) is 11.6 Å². The number of rotatable bonds is 7. The number of aromatic nitrogens is 2. The molecule has 196 valence electrons. The lowest BCUT2D eigenvalue weighted by Gasteiger charge is -2.16. The van der Waals surface area contributed by atoms with Crippen molar-refractivity contribution < 1.29 is 32.2 Å². The molecular weight excluding hydrogens is 518 g/mol. The van der Waals surface area contributed by atoms with Crippen LogP contribution in [-0.4, -0.2) is 45.8 Å². The number of carbonyl (C=O) groups excluding carboxylic acids is 1. The molecule has 0 atom stereocenters. The predicted molar refractivity (Wildman–Crippen MR) is 138 cm³/mol. The summed E-state index contributed by atoms with van der Waals surface area (Å²) in [5.41, 5.74) is 3.90. The van der Waals surface area contributed by atoms with E-state index in [1.807, 2.05) is 0 Å². The van der Waals surface area contributed by atoms with Crippen LogP contribution in [0.25, 0.3) is 22.4 Å². The zero-order valence-electron chi connectivity index (χ0n) is 20.1. The zero-order valence-corrected chi connectivity index (χ0v) is 20.9. The number of halogens is 2. The molecule has 3 aromatic carbocycles. The molecule has 0 unspecified atom stereocenters. The fourth-order valence-electron chi connectivity index (χ4n) is 3.46. The fraction of sp³-hybridized carbons (Fsp3) is 0.115. The van der Waals surface area contributed by atoms with Gasteiger partial charge in [0.1, 0.15) is 45.1 Å². The monoisotopic (exact) mass is 540 g/mol. The van der Waals surface area contributed by atoms with Crippen LogP contribution >= 0.6 is 0 Å². The standard InChI is InChI=1S/C26H22F2N4O5S/c1-26(2,35)25(29)32-38(36,37)20-13-15(10-11-17(20)28)23(34)21(22(33)14-6-5-7-16(27)12-14)24-30-18-8-3-4-9-19(18)31-24/h3-13,33,35H,1-2H3,(H2,29,32)(H,30,31). The lowest BCUT2D eigenvalue weighted by atomic mass is 9.98. The van der Waals surface area contributed by atoms with Crippen LogP contribution in [0.2, 0.25) is 0 Å². The molecule has 0 aliphatic carbocycles. The van der Waals surface area contributed by atoms with Gasteiger partial charge in [0.15, 0.2) is 0 Å². The molecule has 0 amide bonds. The number of para-hydroxylation sites is 2. The first-order chi connectivity index (χ1) is 17.8. The molecule has 1 aromatic heterocycles. The van der Waals surface area contributed by atoms with Crippen LogP contribution in [-0.2, 0) is 10.0 Å². The fourth-order valence-corrected chi connectivity index (χ4v) is 4.63. The van der Waals surface area contributed by atoms with Crippen molar-refractivity contribution in [1.82, 2.24) is 9.97 Å². The number of nitrogens with one attached hydrogen (secondary N) is 1. The Bertz CT molecular complexity index is 1700. The molecule has 0 aliphatic heterocycles. The van der Waals surface area contributed by atoms with Gasteiger partial charge in [-0.2, -0.15) is 8.42 Å². The highest BCUT2D eigenvalue weighted by Gasteiger charge is 2.28. The average molecular weight is 541 g/mol. The van der Waals surface area contributed by atoms with Crippen molar-refractivity contribution in [1.29, 1.82) is 0 Å². The third-order valence-electron chi connectivity index (χ3n) is 5.50. The van der Waals surface area contributed by atoms with E-state index in [1.54, 1.807) is 24.3 Å². The summed E-state index contributed by atoms with van der Waals surface area (Å²) in [6, 6.07) is 14.1. The van der Waals surface area contributed by atoms with Crippen molar-refractivity contribution in [3.63, 3.8) is 0 Å². The Balaban J connectivity index is 1.91. The van der Waals surface area contributed by atoms with Crippen LogP contribution in [0.5, 0.6) is 0 Å². The molecule has 0 radical (unpaired) electrons. The summed E-state index contributed by atoms with van der Waals surface area (Å²) in [6.45, 7) is 2.38. The van der Waals surface area contributed by atoms with Crippen molar-refractivity contribution in [3.8, 4) is 0 Å². The van der Waals surface area contributed by atoms with E-state index in [-0.39, 0.29) is 17.0 Å². The van der Waals surface area contributed by atoms with Crippen LogP contribution in [0.15, 0.2) is 76.0 Å². The second-order valence-corrected chi connectivity index (χ2v) is 10.4. The minimum Gasteiger partial charge on any atom is -0.506 e. The van der Waals surface area contributed by atoms with Crippen molar-refractivity contribution in [2.75, 3.05) is 0 Å². The van der Waals surface area contributed by atoms with Crippen LogP contribution < -0.4 is 5.73 Å². The van der Waals surface area contributed by atoms with Gasteiger partial charge in [-0.05, 0) is 56.3 Å². The summed E-state index contributed by atoms with van der Waals surface area (Å²) >= 11 is 0. The first-order valence-corrected chi connectivity index (χ1v) is 12.5. The second-order valence-electron chi connectivity index (χ2n) is 8.82. The van der Waals surface area contributed by atoms with Crippen molar-refractivity contribution in [2.45, 2.75) is 24.3 Å². The number of hydrogen-bond donors (Lipinski definition) is 4. The molecule has 0 spiro atoms. The maximum atomic E-state index is 14.6. The van der Waals surface area contributed by atoms with Gasteiger partial charge in [-0.15, -0.1) is 4.40 Å². The molecule has 0 aliphatic rings. The summed E-state index contributed by atoms with van der Waals surface area (Å²) in [5.74, 6) is -4.27. The number of fused-ring (bicyclic) bond motifs is 1. The number of ketones is 1. The van der Waals surface area contributed by atoms with E-state index in [4.69, 9.17) is 5.73 Å². The van der Waals surface area contributed by atoms with Crippen LogP contribution in [0.3, 0.4) is 0 Å². The molecule has 9 nitrogen and oxygen atoms in total. The van der Waals surface area contributed by atoms with Gasteiger partial charge in [0.2, 0.25) is 5.78 Å². The molecule has 0 fully saturated rings. The lowest BCUT2D eigenvalue weighted by molar-refractivity contribution is 0.105. The van der Waals surface area contributed by atoms with Gasteiger partial charge < -0.3 is 20.9 Å². The van der Waals surface area contributed by atoms with E-state index in [0.29, 0.717) is 11.0 Å². The number of aliphatic hydroxyl groups is 2. The molecular formula is C26H22F2N4O5S. The molecule has 5 N–H and O–H groups in total. The number of Topliss-reactive ketones (excluding diaryl/α,β-unsaturated/α-hetero) is 1. The van der Waals surface area contributed by atoms with Gasteiger partial charge >= 0.3 is 0 Å². The summed E-state index contributed by atoms with van der Waals surface area (Å²) in [7, 11) is -4.79. The molecule has 38 heavy (non-hydrogen) atoms. The number of aromatic amines is 1. The molecule has 12 heteroatoms. The number of hydrogen-bond acceptors (Lipinski definition) is 6. The van der Waals surface area contributed by atoms with Crippen molar-refractivity contribution in [2.24, 2.45) is 10.1 Å². The lowest BCUT2D eigenvalue weighted by Crippen LogP contribution is -2.38. The molecule has 4 rings (SSSR count). The molecule has 0 saturated carbocycles. The van der Waals surface area contributed by atoms with E-state index < -0.39 is 55.1 Å². The largest absolute Gasteiger partial charge is 0.506 e. The smallest absolute Gasteiger partial charge is 0.286 e. The van der Waals surface area contributed by atoms with Crippen molar-refractivity contribution in [3.05, 3.63) is 95.3 Å². The molecule has 1 heterocycles. The summed E-state index contributed by atoms with van der Waals surface area (Å²) in [6.07, 6.45) is 0. The van der Waals surface area contributed by atoms with Gasteiger partial charge in [-0.1, -0.05) is 24.3 Å². The SMILES string of the molecule is CC(C)(O)C(N)=NS(=O)(=O)c1cc(C(=O)C(=C(O)c2cccc(F)c2)c2nc3ccccc3[nH]2)ccc1F. The molecule has 0 bridgehead atoms. The van der Waals surface area contributed by atoms with E-state index in [2.05, 4.69) is 14.4 Å². The second kappa shape index (κ2) is 9.80.